The molecule has 1 aliphatic rings. The second-order valence-corrected chi connectivity index (χ2v) is 3.64. The molecule has 0 spiro atoms. The highest BCUT2D eigenvalue weighted by atomic mass is 35.5. The van der Waals surface area contributed by atoms with Crippen LogP contribution < -0.4 is 0 Å². The lowest BCUT2D eigenvalue weighted by molar-refractivity contribution is 0.112. The third kappa shape index (κ3) is 1.52. The van der Waals surface area contributed by atoms with Crippen LogP contribution in [0.15, 0.2) is 12.3 Å². The van der Waals surface area contributed by atoms with Crippen LogP contribution in [0.2, 0.25) is 0 Å². The Kier molecular flexibility index (Phi) is 2.50. The van der Waals surface area contributed by atoms with Crippen molar-refractivity contribution >= 4 is 17.9 Å². The van der Waals surface area contributed by atoms with Gasteiger partial charge < -0.3 is 0 Å². The van der Waals surface area contributed by atoms with E-state index in [1.807, 2.05) is 0 Å². The maximum Gasteiger partial charge on any atom is 0.152 e. The van der Waals surface area contributed by atoms with Crippen molar-refractivity contribution in [2.45, 2.75) is 24.4 Å². The number of aldehydes is 1. The van der Waals surface area contributed by atoms with Crippen LogP contribution in [-0.2, 0) is 5.88 Å². The molecule has 1 saturated carbocycles. The Morgan fingerprint density at radius 3 is 2.93 bits per heavy atom. The molecule has 14 heavy (non-hydrogen) atoms. The van der Waals surface area contributed by atoms with Gasteiger partial charge >= 0.3 is 0 Å². The van der Waals surface area contributed by atoms with Gasteiger partial charge in [-0.3, -0.25) is 9.78 Å². The Morgan fingerprint density at radius 1 is 1.71 bits per heavy atom. The van der Waals surface area contributed by atoms with Crippen molar-refractivity contribution in [1.29, 1.82) is 0 Å². The van der Waals surface area contributed by atoms with Crippen molar-refractivity contribution < 1.29 is 9.18 Å². The largest absolute Gasteiger partial charge is 0.298 e. The summed E-state index contributed by atoms with van der Waals surface area (Å²) in [5, 5.41) is 0. The fourth-order valence-corrected chi connectivity index (χ4v) is 1.80. The normalized spacial score (nSPS) is 24.7. The predicted octanol–water partition coefficient (Wildman–Crippen LogP) is 2.46. The average Bonchev–Trinajstić information content (AvgIpc) is 2.94. The standard InChI is InChI=1S/C10H9ClFNO/c11-4-10-8(5-14)6(1-2-13-10)7-3-9(7)12/h1-2,5,7,9H,3-4H2. The van der Waals surface area contributed by atoms with E-state index in [1.165, 1.54) is 0 Å². The summed E-state index contributed by atoms with van der Waals surface area (Å²) in [6.45, 7) is 0. The molecule has 2 atom stereocenters. The van der Waals surface area contributed by atoms with Gasteiger partial charge in [-0.15, -0.1) is 11.6 Å². The highest BCUT2D eigenvalue weighted by Crippen LogP contribution is 2.44. The van der Waals surface area contributed by atoms with E-state index in [-0.39, 0.29) is 11.8 Å². The minimum Gasteiger partial charge on any atom is -0.298 e. The number of nitrogens with zero attached hydrogens (tertiary/aromatic N) is 1. The van der Waals surface area contributed by atoms with Crippen molar-refractivity contribution in [2.24, 2.45) is 0 Å². The average molecular weight is 214 g/mol. The first-order valence-corrected chi connectivity index (χ1v) is 4.94. The number of hydrogen-bond acceptors (Lipinski definition) is 2. The summed E-state index contributed by atoms with van der Waals surface area (Å²) in [6, 6.07) is 1.70. The van der Waals surface area contributed by atoms with Crippen LogP contribution in [0.5, 0.6) is 0 Å². The van der Waals surface area contributed by atoms with Gasteiger partial charge in [0.1, 0.15) is 6.17 Å². The number of carbonyl (C=O) groups excluding carboxylic acids is 1. The predicted molar refractivity (Wildman–Crippen MR) is 51.4 cm³/mol. The number of halogens is 2. The van der Waals surface area contributed by atoms with Crippen LogP contribution in [0.3, 0.4) is 0 Å². The minimum atomic E-state index is -0.806. The second kappa shape index (κ2) is 3.65. The zero-order valence-corrected chi connectivity index (χ0v) is 8.17. The summed E-state index contributed by atoms with van der Waals surface area (Å²) in [5.74, 6) is 0.0613. The van der Waals surface area contributed by atoms with Crippen molar-refractivity contribution in [3.8, 4) is 0 Å². The Balaban J connectivity index is 2.43. The van der Waals surface area contributed by atoms with Crippen LogP contribution in [0.4, 0.5) is 4.39 Å². The van der Waals surface area contributed by atoms with Gasteiger partial charge in [-0.25, -0.2) is 4.39 Å². The molecule has 2 rings (SSSR count). The van der Waals surface area contributed by atoms with E-state index in [1.54, 1.807) is 12.3 Å². The Morgan fingerprint density at radius 2 is 2.43 bits per heavy atom. The molecule has 0 radical (unpaired) electrons. The molecule has 1 aromatic heterocycles. The first-order chi connectivity index (χ1) is 6.77. The summed E-state index contributed by atoms with van der Waals surface area (Å²) >= 11 is 5.63. The van der Waals surface area contributed by atoms with E-state index in [2.05, 4.69) is 4.98 Å². The Hall–Kier alpha value is -0.960. The van der Waals surface area contributed by atoms with Crippen LogP contribution in [0.25, 0.3) is 0 Å². The lowest BCUT2D eigenvalue weighted by atomic mass is 10.0. The maximum atomic E-state index is 12.8. The number of carbonyl (C=O) groups is 1. The van der Waals surface area contributed by atoms with Crippen molar-refractivity contribution in [1.82, 2.24) is 4.98 Å². The van der Waals surface area contributed by atoms with E-state index >= 15 is 0 Å². The van der Waals surface area contributed by atoms with Crippen LogP contribution in [0, 0.1) is 0 Å². The minimum absolute atomic E-state index is 0.125. The van der Waals surface area contributed by atoms with Gasteiger partial charge in [0.25, 0.3) is 0 Å². The first kappa shape index (κ1) is 9.59. The van der Waals surface area contributed by atoms with Gasteiger partial charge in [0.2, 0.25) is 0 Å². The highest BCUT2D eigenvalue weighted by Gasteiger charge is 2.40. The SMILES string of the molecule is O=Cc1c(C2CC2F)ccnc1CCl. The zero-order chi connectivity index (χ0) is 10.1. The zero-order valence-electron chi connectivity index (χ0n) is 7.41. The lowest BCUT2D eigenvalue weighted by Gasteiger charge is -2.05. The van der Waals surface area contributed by atoms with Gasteiger partial charge in [-0.05, 0) is 18.1 Å². The molecule has 0 bridgehead atoms. The monoisotopic (exact) mass is 213 g/mol. The Labute approximate surface area is 86.1 Å². The topological polar surface area (TPSA) is 30.0 Å². The molecule has 0 amide bonds. The molecule has 1 heterocycles. The fourth-order valence-electron chi connectivity index (χ4n) is 1.59. The number of alkyl halides is 2. The van der Waals surface area contributed by atoms with Crippen molar-refractivity contribution in [3.63, 3.8) is 0 Å². The number of aromatic nitrogens is 1. The van der Waals surface area contributed by atoms with Crippen LogP contribution >= 0.6 is 11.6 Å². The smallest absolute Gasteiger partial charge is 0.152 e. The molecule has 2 nitrogen and oxygen atoms in total. The first-order valence-electron chi connectivity index (χ1n) is 4.41. The van der Waals surface area contributed by atoms with Crippen molar-refractivity contribution in [3.05, 3.63) is 29.1 Å². The quantitative estimate of drug-likeness (QED) is 0.570. The summed E-state index contributed by atoms with van der Waals surface area (Å²) in [7, 11) is 0. The molecular formula is C10H9ClFNO. The van der Waals surface area contributed by atoms with E-state index in [0.29, 0.717) is 24.0 Å². The number of hydrogen-bond donors (Lipinski definition) is 0. The molecule has 1 aromatic rings. The molecule has 2 unspecified atom stereocenters. The van der Waals surface area contributed by atoms with Gasteiger partial charge in [-0.2, -0.15) is 0 Å². The lowest BCUT2D eigenvalue weighted by Crippen LogP contribution is -2.00. The van der Waals surface area contributed by atoms with E-state index in [9.17, 15) is 9.18 Å². The van der Waals surface area contributed by atoms with Gasteiger partial charge in [-0.1, -0.05) is 0 Å². The molecule has 0 saturated heterocycles. The number of pyridine rings is 1. The molecule has 74 valence electrons. The van der Waals surface area contributed by atoms with E-state index < -0.39 is 6.17 Å². The fraction of sp³-hybridized carbons (Fsp3) is 0.400. The third-order valence-electron chi connectivity index (χ3n) is 2.46. The molecule has 4 heteroatoms. The van der Waals surface area contributed by atoms with Gasteiger partial charge in [0, 0.05) is 17.7 Å². The third-order valence-corrected chi connectivity index (χ3v) is 2.72. The summed E-state index contributed by atoms with van der Waals surface area (Å²) in [4.78, 5) is 14.8. The van der Waals surface area contributed by atoms with E-state index in [4.69, 9.17) is 11.6 Å². The molecule has 0 aromatic carbocycles. The highest BCUT2D eigenvalue weighted by molar-refractivity contribution is 6.17. The molecule has 1 aliphatic carbocycles. The maximum absolute atomic E-state index is 12.8. The van der Waals surface area contributed by atoms with Gasteiger partial charge in [0.15, 0.2) is 6.29 Å². The van der Waals surface area contributed by atoms with Gasteiger partial charge in [0.05, 0.1) is 11.6 Å². The Bertz CT molecular complexity index is 369. The summed E-state index contributed by atoms with van der Waals surface area (Å²) < 4.78 is 12.8. The molecule has 0 N–H and O–H groups in total. The summed E-state index contributed by atoms with van der Waals surface area (Å²) in [5.41, 5.74) is 1.75. The van der Waals surface area contributed by atoms with Crippen LogP contribution in [-0.4, -0.2) is 17.4 Å². The molecular weight excluding hydrogens is 205 g/mol. The van der Waals surface area contributed by atoms with Crippen LogP contribution in [0.1, 0.15) is 34.0 Å². The molecule has 0 aliphatic heterocycles. The number of rotatable bonds is 3. The molecule has 1 fully saturated rings. The second-order valence-electron chi connectivity index (χ2n) is 3.37. The summed E-state index contributed by atoms with van der Waals surface area (Å²) in [6.07, 6.45) is 1.99. The van der Waals surface area contributed by atoms with E-state index in [0.717, 1.165) is 5.56 Å². The van der Waals surface area contributed by atoms with Crippen molar-refractivity contribution in [2.75, 3.05) is 0 Å².